The topological polar surface area (TPSA) is 141 Å². The molecule has 12 heteroatoms. The summed E-state index contributed by atoms with van der Waals surface area (Å²) in [5.41, 5.74) is -2.86. The average Bonchev–Trinajstić information content (AvgIpc) is 2.49. The van der Waals surface area contributed by atoms with E-state index in [-0.39, 0.29) is 10.7 Å². The SMILES string of the molecule is O=[N+]([O-])c1cc([N+](=O)[O-])c(Nc2ccc(Cl)cc2Cl)c([N+](=O)[O-])c1. The van der Waals surface area contributed by atoms with Crippen molar-refractivity contribution in [2.24, 2.45) is 0 Å². The van der Waals surface area contributed by atoms with E-state index >= 15 is 0 Å². The second-order valence-electron chi connectivity index (χ2n) is 4.38. The Labute approximate surface area is 143 Å². The van der Waals surface area contributed by atoms with Gasteiger partial charge in [0, 0.05) is 5.02 Å². The molecule has 0 amide bonds. The molecule has 0 aromatic heterocycles. The van der Waals surface area contributed by atoms with Gasteiger partial charge < -0.3 is 5.32 Å². The van der Waals surface area contributed by atoms with E-state index < -0.39 is 37.5 Å². The van der Waals surface area contributed by atoms with Gasteiger partial charge in [-0.1, -0.05) is 23.2 Å². The van der Waals surface area contributed by atoms with Crippen molar-refractivity contribution in [3.8, 4) is 0 Å². The maximum absolute atomic E-state index is 11.2. The van der Waals surface area contributed by atoms with Crippen molar-refractivity contribution in [2.45, 2.75) is 0 Å². The summed E-state index contributed by atoms with van der Waals surface area (Å²) in [5, 5.41) is 36.0. The lowest BCUT2D eigenvalue weighted by molar-refractivity contribution is -0.401. The molecule has 2 rings (SSSR count). The van der Waals surface area contributed by atoms with Gasteiger partial charge in [0.05, 0.1) is 37.6 Å². The van der Waals surface area contributed by atoms with Crippen LogP contribution in [-0.2, 0) is 0 Å². The molecule has 24 heavy (non-hydrogen) atoms. The van der Waals surface area contributed by atoms with Crippen LogP contribution in [0.1, 0.15) is 0 Å². The minimum Gasteiger partial charge on any atom is -0.343 e. The highest BCUT2D eigenvalue weighted by Gasteiger charge is 2.31. The predicted octanol–water partition coefficient (Wildman–Crippen LogP) is 4.46. The average molecular weight is 373 g/mol. The molecule has 2 aromatic carbocycles. The van der Waals surface area contributed by atoms with Crippen LogP contribution < -0.4 is 5.32 Å². The first-order chi connectivity index (χ1) is 11.2. The number of benzene rings is 2. The van der Waals surface area contributed by atoms with Crippen LogP contribution in [0.2, 0.25) is 10.0 Å². The molecule has 0 atom stereocenters. The van der Waals surface area contributed by atoms with Gasteiger partial charge in [0.2, 0.25) is 0 Å². The largest absolute Gasteiger partial charge is 0.343 e. The van der Waals surface area contributed by atoms with Crippen LogP contribution in [0.15, 0.2) is 30.3 Å². The lowest BCUT2D eigenvalue weighted by Crippen LogP contribution is -2.03. The molecule has 2 aromatic rings. The minimum atomic E-state index is -0.966. The number of nitro groups is 3. The molecule has 10 nitrogen and oxygen atoms in total. The van der Waals surface area contributed by atoms with E-state index in [0.717, 1.165) is 0 Å². The van der Waals surface area contributed by atoms with E-state index in [1.54, 1.807) is 0 Å². The number of hydrogen-bond donors (Lipinski definition) is 1. The summed E-state index contributed by atoms with van der Waals surface area (Å²) in [6.45, 7) is 0. The van der Waals surface area contributed by atoms with Crippen LogP contribution in [0, 0.1) is 30.3 Å². The Morgan fingerprint density at radius 2 is 1.38 bits per heavy atom. The van der Waals surface area contributed by atoms with Crippen molar-refractivity contribution < 1.29 is 14.8 Å². The van der Waals surface area contributed by atoms with Gasteiger partial charge in [0.1, 0.15) is 0 Å². The zero-order chi connectivity index (χ0) is 18.0. The van der Waals surface area contributed by atoms with Crippen LogP contribution in [0.5, 0.6) is 0 Å². The molecule has 124 valence electrons. The van der Waals surface area contributed by atoms with E-state index in [1.807, 2.05) is 0 Å². The first-order valence-electron chi connectivity index (χ1n) is 6.04. The molecule has 0 aliphatic heterocycles. The van der Waals surface area contributed by atoms with Gasteiger partial charge in [-0.2, -0.15) is 0 Å². The molecule has 0 saturated heterocycles. The highest BCUT2D eigenvalue weighted by molar-refractivity contribution is 6.36. The van der Waals surface area contributed by atoms with Crippen LogP contribution >= 0.6 is 23.2 Å². The van der Waals surface area contributed by atoms with E-state index in [1.165, 1.54) is 18.2 Å². The molecule has 0 unspecified atom stereocenters. The van der Waals surface area contributed by atoms with E-state index in [4.69, 9.17) is 23.2 Å². The van der Waals surface area contributed by atoms with Gasteiger partial charge in [0.25, 0.3) is 5.69 Å². The van der Waals surface area contributed by atoms with Crippen molar-refractivity contribution >= 4 is 51.6 Å². The van der Waals surface area contributed by atoms with Gasteiger partial charge in [-0.3, -0.25) is 30.3 Å². The van der Waals surface area contributed by atoms with Crippen molar-refractivity contribution in [2.75, 3.05) is 5.32 Å². The molecular formula is C12H6Cl2N4O6. The normalized spacial score (nSPS) is 10.2. The highest BCUT2D eigenvalue weighted by atomic mass is 35.5. The fourth-order valence-corrected chi connectivity index (χ4v) is 2.30. The van der Waals surface area contributed by atoms with E-state index in [0.29, 0.717) is 17.2 Å². The monoisotopic (exact) mass is 372 g/mol. The van der Waals surface area contributed by atoms with Gasteiger partial charge in [-0.05, 0) is 18.2 Å². The number of halogens is 2. The van der Waals surface area contributed by atoms with Crippen LogP contribution in [0.3, 0.4) is 0 Å². The summed E-state index contributed by atoms with van der Waals surface area (Å²) in [4.78, 5) is 30.3. The summed E-state index contributed by atoms with van der Waals surface area (Å²) in [7, 11) is 0. The predicted molar refractivity (Wildman–Crippen MR) is 86.1 cm³/mol. The van der Waals surface area contributed by atoms with Crippen LogP contribution in [0.4, 0.5) is 28.4 Å². The summed E-state index contributed by atoms with van der Waals surface area (Å²) < 4.78 is 0. The zero-order valence-electron chi connectivity index (χ0n) is 11.4. The van der Waals surface area contributed by atoms with E-state index in [2.05, 4.69) is 5.32 Å². The number of nitrogens with zero attached hydrogens (tertiary/aromatic N) is 3. The molecule has 1 N–H and O–H groups in total. The first-order valence-corrected chi connectivity index (χ1v) is 6.79. The van der Waals surface area contributed by atoms with Crippen LogP contribution in [-0.4, -0.2) is 14.8 Å². The first kappa shape index (κ1) is 17.4. The number of nitrogens with one attached hydrogen (secondary N) is 1. The third-order valence-electron chi connectivity index (χ3n) is 2.88. The quantitative estimate of drug-likeness (QED) is 0.602. The molecule has 0 radical (unpaired) electrons. The number of rotatable bonds is 5. The molecule has 0 aliphatic carbocycles. The van der Waals surface area contributed by atoms with Crippen LogP contribution in [0.25, 0.3) is 0 Å². The van der Waals surface area contributed by atoms with Crippen molar-refractivity contribution in [3.63, 3.8) is 0 Å². The van der Waals surface area contributed by atoms with Crippen molar-refractivity contribution in [3.05, 3.63) is 70.7 Å². The number of non-ortho nitro benzene ring substituents is 1. The Balaban J connectivity index is 2.68. The fourth-order valence-electron chi connectivity index (χ4n) is 1.84. The highest BCUT2D eigenvalue weighted by Crippen LogP contribution is 2.41. The van der Waals surface area contributed by atoms with Gasteiger partial charge in [0.15, 0.2) is 5.69 Å². The van der Waals surface area contributed by atoms with Crippen molar-refractivity contribution in [1.29, 1.82) is 0 Å². The summed E-state index contributed by atoms with van der Waals surface area (Å²) >= 11 is 11.7. The Bertz CT molecular complexity index is 838. The Kier molecular flexibility index (Phi) is 4.81. The maximum atomic E-state index is 11.2. The molecule has 0 spiro atoms. The second-order valence-corrected chi connectivity index (χ2v) is 5.22. The third-order valence-corrected chi connectivity index (χ3v) is 3.42. The smallest absolute Gasteiger partial charge is 0.306 e. The Morgan fingerprint density at radius 3 is 1.79 bits per heavy atom. The summed E-state index contributed by atoms with van der Waals surface area (Å²) in [6, 6.07) is 5.35. The van der Waals surface area contributed by atoms with Crippen molar-refractivity contribution in [1.82, 2.24) is 0 Å². The number of hydrogen-bond acceptors (Lipinski definition) is 7. The molecule has 0 fully saturated rings. The van der Waals surface area contributed by atoms with Gasteiger partial charge in [-0.25, -0.2) is 0 Å². The zero-order valence-corrected chi connectivity index (χ0v) is 12.9. The summed E-state index contributed by atoms with van der Waals surface area (Å²) in [5.74, 6) is 0. The molecular weight excluding hydrogens is 367 g/mol. The Morgan fingerprint density at radius 1 is 0.833 bits per heavy atom. The number of nitro benzene ring substituents is 3. The Hall–Kier alpha value is -2.98. The molecule has 0 heterocycles. The molecule has 0 saturated carbocycles. The minimum absolute atomic E-state index is 0.0597. The fraction of sp³-hybridized carbons (Fsp3) is 0. The van der Waals surface area contributed by atoms with Gasteiger partial charge >= 0.3 is 11.4 Å². The van der Waals surface area contributed by atoms with Gasteiger partial charge in [-0.15, -0.1) is 0 Å². The second kappa shape index (κ2) is 6.64. The molecule has 0 bridgehead atoms. The summed E-state index contributed by atoms with van der Waals surface area (Å²) in [6.07, 6.45) is 0. The lowest BCUT2D eigenvalue weighted by Gasteiger charge is -2.09. The van der Waals surface area contributed by atoms with E-state index in [9.17, 15) is 30.3 Å². The molecule has 0 aliphatic rings. The standard InChI is InChI=1S/C12H6Cl2N4O6/c13-6-1-2-9(8(14)3-6)15-12-10(17(21)22)4-7(16(19)20)5-11(12)18(23)24/h1-5,15H. The lowest BCUT2D eigenvalue weighted by atomic mass is 10.2. The maximum Gasteiger partial charge on any atom is 0.306 e. The third kappa shape index (κ3) is 3.50. The number of anilines is 2.